The van der Waals surface area contributed by atoms with Crippen LogP contribution in [0.1, 0.15) is 126 Å². The number of quaternary nitrogens is 4. The van der Waals surface area contributed by atoms with E-state index < -0.39 is 0 Å². The van der Waals surface area contributed by atoms with Crippen LogP contribution in [0.4, 0.5) is 0 Å². The van der Waals surface area contributed by atoms with Crippen LogP contribution in [0.5, 0.6) is 0 Å². The third-order valence-corrected chi connectivity index (χ3v) is 16.2. The van der Waals surface area contributed by atoms with Crippen molar-refractivity contribution in [1.29, 1.82) is 0 Å². The molecule has 10 N–H and O–H groups in total. The Kier molecular flexibility index (Phi) is 44.3. The summed E-state index contributed by atoms with van der Waals surface area (Å²) >= 11 is 2.15. The van der Waals surface area contributed by atoms with Gasteiger partial charge in [-0.25, -0.2) is 4.58 Å². The number of benzene rings is 4. The number of alkyl halides is 1. The fourth-order valence-corrected chi connectivity index (χ4v) is 12.5. The van der Waals surface area contributed by atoms with Gasteiger partial charge in [0.1, 0.15) is 47.0 Å². The van der Waals surface area contributed by atoms with E-state index in [1.165, 1.54) is 112 Å². The van der Waals surface area contributed by atoms with E-state index in [9.17, 15) is 0 Å². The van der Waals surface area contributed by atoms with Crippen LogP contribution in [0.3, 0.4) is 0 Å². The van der Waals surface area contributed by atoms with Crippen molar-refractivity contribution < 1.29 is 143 Å². The third-order valence-electron chi connectivity index (χ3n) is 16.2. The number of aromatic amines is 8. The monoisotopic (exact) mass is 2100 g/mol. The summed E-state index contributed by atoms with van der Waals surface area (Å²) in [5, 5.41) is 0. The zero-order chi connectivity index (χ0) is 72.4. The zero-order valence-corrected chi connectivity index (χ0v) is 77.6. The lowest BCUT2D eigenvalue weighted by atomic mass is 9.93. The Labute approximate surface area is 727 Å². The second-order valence-electron chi connectivity index (χ2n) is 29.5. The normalized spacial score (nSPS) is 11.0. The van der Waals surface area contributed by atoms with Crippen molar-refractivity contribution in [2.24, 2.45) is 0 Å². The maximum atomic E-state index is 3.68. The Hall–Kier alpha value is -5.07. The highest BCUT2D eigenvalue weighted by atomic mass is 127. The molecule has 0 saturated heterocycles. The molecule has 21 heteroatoms. The first-order chi connectivity index (χ1) is 47.8. The molecule has 0 unspecified atom stereocenters. The van der Waals surface area contributed by atoms with Crippen LogP contribution in [-0.4, -0.2) is 188 Å². The lowest BCUT2D eigenvalue weighted by Crippen LogP contribution is -3.04. The van der Waals surface area contributed by atoms with Crippen LogP contribution >= 0.6 is 22.6 Å². The maximum Gasteiger partial charge on any atom is 0.131 e. The molecule has 8 aromatic heterocycles. The number of hydrogen-bond donors (Lipinski definition) is 10. The molecule has 0 radical (unpaired) electrons. The molecule has 0 amide bonds. The standard InChI is InChI=1S/C23H34N4.2C21H28N4.C15H14N2.C3H8N.CH3I.5HI/c1-26(2,3)16-19-12-14-21(24-19)23(18-10-8-7-9-11-18)22-15-13-20(25-22)17-27(4,5)6;2*1-24(2)14-17-10-12-19(22-17)21(16-8-6-5-7-9-16)20-13-11-18(23-20)15-25(3)4;1-2-6-12(7-3-1)15(13-8-4-10-16-13)14-9-5-11-17-14;1-4(2)3;1-2;;;;;/h7-15,23-25H,16-17H2,1-6H3;2*5-13,21-23H,14-15H2,1-4H3;1-11,15-17H;1H2,2-3H3;1H3;5*1H/q+2;;;;+1;;;;;;/p-3. The Bertz CT molecular complexity index is 3850. The van der Waals surface area contributed by atoms with Crippen molar-refractivity contribution >= 4 is 29.3 Å². The molecule has 0 spiro atoms. The quantitative estimate of drug-likeness (QED) is 0.0112. The van der Waals surface area contributed by atoms with E-state index >= 15 is 0 Å². The van der Waals surface area contributed by atoms with Gasteiger partial charge in [0, 0.05) is 82.4 Å². The molecular formula is C84H117I6N15. The Morgan fingerprint density at radius 2 is 0.552 bits per heavy atom. The predicted octanol–water partition coefficient (Wildman–Crippen LogP) is -2.05. The Morgan fingerprint density at radius 1 is 0.333 bits per heavy atom. The summed E-state index contributed by atoms with van der Waals surface area (Å²) in [6, 6.07) is 77.6. The zero-order valence-electron chi connectivity index (χ0n) is 64.7. The highest BCUT2D eigenvalue weighted by molar-refractivity contribution is 14.1. The van der Waals surface area contributed by atoms with Crippen LogP contribution in [-0.2, 0) is 39.3 Å². The highest BCUT2D eigenvalue weighted by Crippen LogP contribution is 2.35. The minimum Gasteiger partial charge on any atom is -1.00 e. The van der Waals surface area contributed by atoms with Gasteiger partial charge in [0.05, 0.1) is 117 Å². The largest absolute Gasteiger partial charge is 1.00 e. The summed E-state index contributed by atoms with van der Waals surface area (Å²) < 4.78 is 3.57. The minimum atomic E-state index is 0. The van der Waals surface area contributed by atoms with Gasteiger partial charge in [-0.15, -0.1) is 0 Å². The van der Waals surface area contributed by atoms with Gasteiger partial charge in [0.25, 0.3) is 0 Å². The molecule has 0 fully saturated rings. The van der Waals surface area contributed by atoms with Crippen molar-refractivity contribution in [1.82, 2.24) is 49.7 Å². The van der Waals surface area contributed by atoms with Crippen LogP contribution in [0.25, 0.3) is 0 Å². The first kappa shape index (κ1) is 96.0. The van der Waals surface area contributed by atoms with E-state index in [0.29, 0.717) is 0 Å². The third kappa shape index (κ3) is 32.6. The first-order valence-corrected chi connectivity index (χ1v) is 36.9. The second kappa shape index (κ2) is 48.5. The topological polar surface area (TPSA) is 145 Å². The molecule has 570 valence electrons. The molecule has 0 aliphatic carbocycles. The van der Waals surface area contributed by atoms with Gasteiger partial charge in [-0.3, -0.25) is 0 Å². The van der Waals surface area contributed by atoms with E-state index in [2.05, 4.69) is 378 Å². The summed E-state index contributed by atoms with van der Waals surface area (Å²) in [4.78, 5) is 37.7. The average Bonchev–Trinajstić information content (AvgIpc) is 1.66. The molecule has 15 nitrogen and oxygen atoms in total. The minimum absolute atomic E-state index is 0. The van der Waals surface area contributed by atoms with Crippen molar-refractivity contribution in [2.45, 2.75) is 62.9 Å². The number of halogens is 6. The summed E-state index contributed by atoms with van der Waals surface area (Å²) in [5.41, 5.74) is 22.6. The lowest BCUT2D eigenvalue weighted by Gasteiger charge is -2.23. The molecule has 105 heavy (non-hydrogen) atoms. The fraction of sp³-hybridized carbons (Fsp3) is 0.321. The molecule has 0 aliphatic rings. The van der Waals surface area contributed by atoms with Crippen molar-refractivity contribution in [3.8, 4) is 0 Å². The van der Waals surface area contributed by atoms with Gasteiger partial charge in [0.15, 0.2) is 0 Å². The van der Waals surface area contributed by atoms with Crippen molar-refractivity contribution in [3.63, 3.8) is 0 Å². The van der Waals surface area contributed by atoms with Crippen LogP contribution in [0.15, 0.2) is 231 Å². The molecule has 12 aromatic rings. The van der Waals surface area contributed by atoms with Crippen LogP contribution < -0.4 is 130 Å². The number of nitrogens with zero attached hydrogens (tertiary/aromatic N) is 5. The van der Waals surface area contributed by atoms with Gasteiger partial charge >= 0.3 is 0 Å². The molecule has 0 saturated carbocycles. The molecular weight excluding hydrogens is 1980 g/mol. The highest BCUT2D eigenvalue weighted by Gasteiger charge is 2.25. The van der Waals surface area contributed by atoms with Crippen molar-refractivity contribution in [3.05, 3.63) is 333 Å². The maximum absolute atomic E-state index is 3.68. The average molecular weight is 2100 g/mol. The number of aromatic nitrogens is 8. The Morgan fingerprint density at radius 3 is 0.771 bits per heavy atom. The lowest BCUT2D eigenvalue weighted by molar-refractivity contribution is -0.884. The van der Waals surface area contributed by atoms with Gasteiger partial charge in [-0.2, -0.15) is 0 Å². The first-order valence-electron chi connectivity index (χ1n) is 34.7. The summed E-state index contributed by atoms with van der Waals surface area (Å²) in [6.07, 6.45) is 3.93. The molecule has 0 atom stereocenters. The van der Waals surface area contributed by atoms with E-state index in [1.807, 2.05) is 49.6 Å². The SMILES string of the molecule is C=[N+](C)C.CI.CN(C)Cc1ccc(C(c2ccccc2)c2ccc(CN(C)C)[nH]2)[nH]1.C[N+](C)(C)Cc1ccc(C(c2ccccc2)c2ccc(C[N+](C)(C)C)[nH]2)[nH]1.C[NH+](C)Cc1ccc(C(c2ccccc2)c2ccc(C[NH+](C)C)[nH]2)[nH]1.[I-].[I-].[I-].[I-].[I-].c1ccc(C(c2ccc[nH]2)c2ccc[nH]2)cc1. The van der Waals surface area contributed by atoms with E-state index in [4.69, 9.17) is 0 Å². The van der Waals surface area contributed by atoms with Gasteiger partial charge in [-0.05, 0) is 152 Å². The fourth-order valence-electron chi connectivity index (χ4n) is 12.5. The van der Waals surface area contributed by atoms with Gasteiger partial charge < -0.3 is 188 Å². The smallest absolute Gasteiger partial charge is 0.131 e. The number of H-pyrrole nitrogens is 8. The molecule has 4 aromatic carbocycles. The van der Waals surface area contributed by atoms with Crippen molar-refractivity contribution in [2.75, 3.05) is 118 Å². The molecule has 0 aliphatic heterocycles. The van der Waals surface area contributed by atoms with Gasteiger partial charge in [-0.1, -0.05) is 144 Å². The summed E-state index contributed by atoms with van der Waals surface area (Å²) in [5.74, 6) is 0.834. The predicted molar refractivity (Wildman–Crippen MR) is 426 cm³/mol. The Balaban J connectivity index is 0.000000460. The van der Waals surface area contributed by atoms with E-state index in [1.54, 1.807) is 4.58 Å². The summed E-state index contributed by atoms with van der Waals surface area (Å²) in [6.45, 7) is 9.27. The molecule has 8 heterocycles. The van der Waals surface area contributed by atoms with Gasteiger partial charge in [0.2, 0.25) is 0 Å². The van der Waals surface area contributed by atoms with E-state index in [0.717, 1.165) is 48.2 Å². The number of nitrogens with one attached hydrogen (secondary N) is 10. The second-order valence-corrected chi connectivity index (χ2v) is 29.5. The van der Waals surface area contributed by atoms with Crippen LogP contribution in [0, 0.1) is 0 Å². The van der Waals surface area contributed by atoms with Crippen LogP contribution in [0.2, 0.25) is 0 Å². The number of hydrogen-bond acceptors (Lipinski definition) is 2. The molecule has 12 rings (SSSR count). The summed E-state index contributed by atoms with van der Waals surface area (Å²) in [7, 11) is 34.2. The number of rotatable bonds is 24. The van der Waals surface area contributed by atoms with E-state index in [-0.39, 0.29) is 144 Å². The molecule has 0 bridgehead atoms.